The number of nitrogens with zero attached hydrogens (tertiary/aromatic N) is 1. The minimum Gasteiger partial charge on any atom is -0.345 e. The zero-order chi connectivity index (χ0) is 14.8. The Bertz CT molecular complexity index is 810. The molecule has 0 aliphatic heterocycles. The van der Waals surface area contributed by atoms with Crippen LogP contribution >= 0.6 is 11.6 Å². The summed E-state index contributed by atoms with van der Waals surface area (Å²) < 4.78 is 0. The van der Waals surface area contributed by atoms with Crippen molar-refractivity contribution in [3.8, 4) is 0 Å². The molecule has 4 nitrogen and oxygen atoms in total. The predicted molar refractivity (Wildman–Crippen MR) is 84.6 cm³/mol. The molecule has 0 spiro atoms. The van der Waals surface area contributed by atoms with Gasteiger partial charge in [-0.3, -0.25) is 4.79 Å². The minimum absolute atomic E-state index is 0.0562. The van der Waals surface area contributed by atoms with Gasteiger partial charge < -0.3 is 10.3 Å². The molecular formula is C16H14ClN3O. The van der Waals surface area contributed by atoms with E-state index in [1.807, 2.05) is 37.3 Å². The standard InChI is InChI=1S/C16H14ClN3O/c1-10-6-12(17)3-5-13(10)20-16(21)8-11-2-4-14-15(7-11)19-9-18-14/h2-7,9H,8H2,1H3,(H,18,19)(H,20,21). The van der Waals surface area contributed by atoms with Crippen molar-refractivity contribution in [2.75, 3.05) is 5.32 Å². The van der Waals surface area contributed by atoms with Gasteiger partial charge in [-0.15, -0.1) is 0 Å². The van der Waals surface area contributed by atoms with Crippen LogP contribution in [0.3, 0.4) is 0 Å². The summed E-state index contributed by atoms with van der Waals surface area (Å²) in [5.41, 5.74) is 4.50. The van der Waals surface area contributed by atoms with Crippen molar-refractivity contribution in [2.24, 2.45) is 0 Å². The van der Waals surface area contributed by atoms with E-state index in [9.17, 15) is 4.79 Å². The van der Waals surface area contributed by atoms with Crippen molar-refractivity contribution in [2.45, 2.75) is 13.3 Å². The number of aromatic amines is 1. The van der Waals surface area contributed by atoms with Gasteiger partial charge in [0.25, 0.3) is 0 Å². The monoisotopic (exact) mass is 299 g/mol. The molecule has 0 radical (unpaired) electrons. The van der Waals surface area contributed by atoms with Crippen LogP contribution in [0.2, 0.25) is 5.02 Å². The van der Waals surface area contributed by atoms with Crippen LogP contribution in [-0.2, 0) is 11.2 Å². The minimum atomic E-state index is -0.0562. The van der Waals surface area contributed by atoms with Crippen LogP contribution in [0.1, 0.15) is 11.1 Å². The number of carbonyl (C=O) groups excluding carboxylic acids is 1. The Morgan fingerprint density at radius 1 is 1.29 bits per heavy atom. The molecule has 5 heteroatoms. The van der Waals surface area contributed by atoms with Gasteiger partial charge in [0, 0.05) is 10.7 Å². The zero-order valence-corrected chi connectivity index (χ0v) is 12.2. The molecule has 3 rings (SSSR count). The maximum atomic E-state index is 12.1. The van der Waals surface area contributed by atoms with Gasteiger partial charge in [-0.05, 0) is 48.4 Å². The summed E-state index contributed by atoms with van der Waals surface area (Å²) in [4.78, 5) is 19.3. The van der Waals surface area contributed by atoms with Crippen LogP contribution in [0.15, 0.2) is 42.7 Å². The molecule has 0 atom stereocenters. The third-order valence-electron chi connectivity index (χ3n) is 3.31. The Morgan fingerprint density at radius 3 is 2.95 bits per heavy atom. The lowest BCUT2D eigenvalue weighted by molar-refractivity contribution is -0.115. The van der Waals surface area contributed by atoms with E-state index in [1.54, 1.807) is 12.4 Å². The van der Waals surface area contributed by atoms with Crippen LogP contribution in [0.4, 0.5) is 5.69 Å². The molecule has 2 N–H and O–H groups in total. The van der Waals surface area contributed by atoms with Crippen molar-refractivity contribution in [1.82, 2.24) is 9.97 Å². The van der Waals surface area contributed by atoms with E-state index in [0.29, 0.717) is 11.4 Å². The normalized spacial score (nSPS) is 10.8. The number of halogens is 1. The average molecular weight is 300 g/mol. The molecule has 2 aromatic carbocycles. The Balaban J connectivity index is 1.73. The summed E-state index contributed by atoms with van der Waals surface area (Å²) >= 11 is 5.91. The SMILES string of the molecule is Cc1cc(Cl)ccc1NC(=O)Cc1ccc2nc[nH]c2c1. The van der Waals surface area contributed by atoms with Crippen LogP contribution in [0, 0.1) is 6.92 Å². The Kier molecular flexibility index (Phi) is 3.62. The van der Waals surface area contributed by atoms with Gasteiger partial charge in [-0.1, -0.05) is 17.7 Å². The number of aromatic nitrogens is 2. The first-order valence-corrected chi connectivity index (χ1v) is 6.97. The molecule has 1 amide bonds. The average Bonchev–Trinajstić information content (AvgIpc) is 2.89. The first kappa shape index (κ1) is 13.6. The number of imidazole rings is 1. The third kappa shape index (κ3) is 3.06. The lowest BCUT2D eigenvalue weighted by atomic mass is 10.1. The molecule has 0 saturated heterocycles. The summed E-state index contributed by atoms with van der Waals surface area (Å²) in [5.74, 6) is -0.0562. The van der Waals surface area contributed by atoms with Crippen LogP contribution in [-0.4, -0.2) is 15.9 Å². The highest BCUT2D eigenvalue weighted by Gasteiger charge is 2.07. The zero-order valence-electron chi connectivity index (χ0n) is 11.5. The maximum absolute atomic E-state index is 12.1. The number of rotatable bonds is 3. The molecule has 0 saturated carbocycles. The summed E-state index contributed by atoms with van der Waals surface area (Å²) in [6.45, 7) is 1.91. The maximum Gasteiger partial charge on any atom is 0.228 e. The fourth-order valence-corrected chi connectivity index (χ4v) is 2.47. The first-order valence-electron chi connectivity index (χ1n) is 6.60. The summed E-state index contributed by atoms with van der Waals surface area (Å²) in [6, 6.07) is 11.2. The topological polar surface area (TPSA) is 57.8 Å². The van der Waals surface area contributed by atoms with Gasteiger partial charge in [-0.2, -0.15) is 0 Å². The number of fused-ring (bicyclic) bond motifs is 1. The molecule has 0 fully saturated rings. The number of benzene rings is 2. The Labute approximate surface area is 127 Å². The third-order valence-corrected chi connectivity index (χ3v) is 3.55. The molecule has 21 heavy (non-hydrogen) atoms. The van der Waals surface area contributed by atoms with Gasteiger partial charge in [-0.25, -0.2) is 4.98 Å². The van der Waals surface area contributed by atoms with Crippen molar-refractivity contribution in [3.63, 3.8) is 0 Å². The number of nitrogens with one attached hydrogen (secondary N) is 2. The van der Waals surface area contributed by atoms with E-state index in [0.717, 1.165) is 27.8 Å². The number of hydrogen-bond acceptors (Lipinski definition) is 2. The highest BCUT2D eigenvalue weighted by atomic mass is 35.5. The molecule has 0 bridgehead atoms. The lowest BCUT2D eigenvalue weighted by Crippen LogP contribution is -2.15. The second kappa shape index (κ2) is 5.58. The van der Waals surface area contributed by atoms with Gasteiger partial charge in [0.2, 0.25) is 5.91 Å². The Hall–Kier alpha value is -2.33. The fourth-order valence-electron chi connectivity index (χ4n) is 2.24. The molecule has 3 aromatic rings. The molecule has 106 valence electrons. The molecule has 0 aliphatic rings. The molecule has 1 aromatic heterocycles. The molecule has 0 unspecified atom stereocenters. The van der Waals surface area contributed by atoms with Gasteiger partial charge in [0.15, 0.2) is 0 Å². The van der Waals surface area contributed by atoms with Crippen molar-refractivity contribution in [1.29, 1.82) is 0 Å². The number of hydrogen-bond donors (Lipinski definition) is 2. The van der Waals surface area contributed by atoms with E-state index >= 15 is 0 Å². The fraction of sp³-hybridized carbons (Fsp3) is 0.125. The highest BCUT2D eigenvalue weighted by Crippen LogP contribution is 2.20. The summed E-state index contributed by atoms with van der Waals surface area (Å²) in [5, 5.41) is 3.57. The predicted octanol–water partition coefficient (Wildman–Crippen LogP) is 3.71. The van der Waals surface area contributed by atoms with E-state index < -0.39 is 0 Å². The van der Waals surface area contributed by atoms with Gasteiger partial charge in [0.1, 0.15) is 0 Å². The highest BCUT2D eigenvalue weighted by molar-refractivity contribution is 6.30. The summed E-state index contributed by atoms with van der Waals surface area (Å²) in [6.07, 6.45) is 1.96. The lowest BCUT2D eigenvalue weighted by Gasteiger charge is -2.08. The van der Waals surface area contributed by atoms with Crippen LogP contribution in [0.25, 0.3) is 11.0 Å². The smallest absolute Gasteiger partial charge is 0.228 e. The van der Waals surface area contributed by atoms with Crippen LogP contribution < -0.4 is 5.32 Å². The van der Waals surface area contributed by atoms with E-state index in [4.69, 9.17) is 11.6 Å². The largest absolute Gasteiger partial charge is 0.345 e. The molecule has 1 heterocycles. The molecular weight excluding hydrogens is 286 g/mol. The Morgan fingerprint density at radius 2 is 2.14 bits per heavy atom. The van der Waals surface area contributed by atoms with Crippen molar-refractivity contribution < 1.29 is 4.79 Å². The van der Waals surface area contributed by atoms with E-state index in [-0.39, 0.29) is 5.91 Å². The summed E-state index contributed by atoms with van der Waals surface area (Å²) in [7, 11) is 0. The van der Waals surface area contributed by atoms with Gasteiger partial charge in [0.05, 0.1) is 23.8 Å². The number of H-pyrrole nitrogens is 1. The van der Waals surface area contributed by atoms with E-state index in [1.165, 1.54) is 0 Å². The first-order chi connectivity index (χ1) is 10.1. The second-order valence-corrected chi connectivity index (χ2v) is 5.37. The van der Waals surface area contributed by atoms with Crippen molar-refractivity contribution >= 4 is 34.2 Å². The van der Waals surface area contributed by atoms with Crippen molar-refractivity contribution in [3.05, 3.63) is 58.9 Å². The van der Waals surface area contributed by atoms with Crippen LogP contribution in [0.5, 0.6) is 0 Å². The number of amides is 1. The number of aryl methyl sites for hydroxylation is 1. The quantitative estimate of drug-likeness (QED) is 0.774. The second-order valence-electron chi connectivity index (χ2n) is 4.94. The molecule has 0 aliphatic carbocycles. The number of anilines is 1. The van der Waals surface area contributed by atoms with E-state index in [2.05, 4.69) is 15.3 Å². The van der Waals surface area contributed by atoms with Gasteiger partial charge >= 0.3 is 0 Å². The number of carbonyl (C=O) groups is 1.